The van der Waals surface area contributed by atoms with E-state index in [4.69, 9.17) is 18.4 Å². The van der Waals surface area contributed by atoms with Gasteiger partial charge in [-0.3, -0.25) is 4.18 Å². The van der Waals surface area contributed by atoms with Crippen molar-refractivity contribution in [1.29, 1.82) is 0 Å². The van der Waals surface area contributed by atoms with Gasteiger partial charge in [-0.05, 0) is 69.2 Å². The molecule has 182 valence electrons. The maximum absolute atomic E-state index is 12.2. The molecule has 2 N–H and O–H groups in total. The van der Waals surface area contributed by atoms with Crippen LogP contribution in [0.15, 0.2) is 0 Å². The summed E-state index contributed by atoms with van der Waals surface area (Å²) in [7, 11) is -3.88. The van der Waals surface area contributed by atoms with E-state index in [1.165, 1.54) is 0 Å². The molecule has 1 unspecified atom stereocenters. The van der Waals surface area contributed by atoms with Crippen LogP contribution >= 0.6 is 0 Å². The first-order valence-corrected chi connectivity index (χ1v) is 12.2. The summed E-state index contributed by atoms with van der Waals surface area (Å²) in [6.45, 7) is 19.4. The standard InChI is InChI=1S/C21H45NO7S/c1-16(2)26-13-21(14-27-17(3)4,15-28-19(5,6)7)22-11-18(23)12-30(24,25)29-20(8,9)10/h16-18,22-23H,11-15H2,1-10H3. The molecule has 0 fully saturated rings. The van der Waals surface area contributed by atoms with Crippen molar-refractivity contribution in [3.05, 3.63) is 0 Å². The second-order valence-corrected chi connectivity index (χ2v) is 12.0. The van der Waals surface area contributed by atoms with E-state index in [1.807, 2.05) is 48.5 Å². The molecule has 0 aliphatic rings. The molecule has 1 atom stereocenters. The van der Waals surface area contributed by atoms with Crippen LogP contribution in [0, 0.1) is 0 Å². The van der Waals surface area contributed by atoms with Gasteiger partial charge in [-0.25, -0.2) is 0 Å². The van der Waals surface area contributed by atoms with Crippen molar-refractivity contribution >= 4 is 10.1 Å². The van der Waals surface area contributed by atoms with Crippen molar-refractivity contribution < 1.29 is 31.9 Å². The molecule has 0 bridgehead atoms. The molecule has 8 nitrogen and oxygen atoms in total. The number of aliphatic hydroxyl groups excluding tert-OH is 1. The molecule has 9 heteroatoms. The maximum atomic E-state index is 12.2. The lowest BCUT2D eigenvalue weighted by atomic mass is 10.0. The predicted molar refractivity (Wildman–Crippen MR) is 119 cm³/mol. The van der Waals surface area contributed by atoms with Crippen LogP contribution in [0.4, 0.5) is 0 Å². The largest absolute Gasteiger partial charge is 0.391 e. The van der Waals surface area contributed by atoms with Crippen LogP contribution in [0.2, 0.25) is 0 Å². The minimum Gasteiger partial charge on any atom is -0.391 e. The van der Waals surface area contributed by atoms with E-state index in [0.29, 0.717) is 0 Å². The van der Waals surface area contributed by atoms with Gasteiger partial charge in [0.05, 0.1) is 54.9 Å². The summed E-state index contributed by atoms with van der Waals surface area (Å²) in [4.78, 5) is 0. The monoisotopic (exact) mass is 455 g/mol. The van der Waals surface area contributed by atoms with Crippen LogP contribution in [0.25, 0.3) is 0 Å². The summed E-state index contributed by atoms with van der Waals surface area (Å²) in [6, 6.07) is 0. The molecule has 0 heterocycles. The molecular formula is C21H45NO7S. The number of hydrogen-bond acceptors (Lipinski definition) is 8. The second-order valence-electron chi connectivity index (χ2n) is 10.4. The van der Waals surface area contributed by atoms with Crippen LogP contribution in [0.3, 0.4) is 0 Å². The number of nitrogens with one attached hydrogen (secondary N) is 1. The Balaban J connectivity index is 5.34. The highest BCUT2D eigenvalue weighted by atomic mass is 32.2. The third kappa shape index (κ3) is 15.5. The molecule has 0 aromatic heterocycles. The highest BCUT2D eigenvalue weighted by Crippen LogP contribution is 2.17. The normalized spacial score (nSPS) is 15.2. The molecular weight excluding hydrogens is 410 g/mol. The van der Waals surface area contributed by atoms with Crippen molar-refractivity contribution in [1.82, 2.24) is 5.32 Å². The predicted octanol–water partition coefficient (Wildman–Crippen LogP) is 2.49. The SMILES string of the molecule is CC(C)OCC(COC(C)C)(COC(C)(C)C)NCC(O)CS(=O)(=O)OC(C)(C)C. The zero-order valence-corrected chi connectivity index (χ0v) is 21.4. The second kappa shape index (κ2) is 12.1. The highest BCUT2D eigenvalue weighted by molar-refractivity contribution is 7.86. The molecule has 0 aromatic carbocycles. The van der Waals surface area contributed by atoms with Crippen LogP contribution in [-0.2, 0) is 28.5 Å². The number of hydrogen-bond donors (Lipinski definition) is 2. The van der Waals surface area contributed by atoms with Crippen molar-refractivity contribution in [2.45, 2.75) is 104 Å². The Morgan fingerprint density at radius 2 is 1.30 bits per heavy atom. The van der Waals surface area contributed by atoms with E-state index >= 15 is 0 Å². The highest BCUT2D eigenvalue weighted by Gasteiger charge is 2.35. The molecule has 0 amide bonds. The van der Waals surface area contributed by atoms with Crippen LogP contribution in [0.5, 0.6) is 0 Å². The Bertz CT molecular complexity index is 565. The zero-order chi connectivity index (χ0) is 23.8. The van der Waals surface area contributed by atoms with Crippen LogP contribution < -0.4 is 5.32 Å². The molecule has 0 spiro atoms. The lowest BCUT2D eigenvalue weighted by Gasteiger charge is -2.38. The average Bonchev–Trinajstić information content (AvgIpc) is 2.49. The quantitative estimate of drug-likeness (QED) is 0.385. The minimum absolute atomic E-state index is 0.00894. The van der Waals surface area contributed by atoms with Gasteiger partial charge in [0.25, 0.3) is 10.1 Å². The van der Waals surface area contributed by atoms with Gasteiger partial charge in [0.1, 0.15) is 5.75 Å². The molecule has 30 heavy (non-hydrogen) atoms. The average molecular weight is 456 g/mol. The first-order chi connectivity index (χ1) is 13.3. The third-order valence-corrected chi connectivity index (χ3v) is 5.20. The fourth-order valence-electron chi connectivity index (χ4n) is 2.33. The van der Waals surface area contributed by atoms with Gasteiger partial charge in [-0.15, -0.1) is 0 Å². The fourth-order valence-corrected chi connectivity index (χ4v) is 3.75. The topological polar surface area (TPSA) is 103 Å². The summed E-state index contributed by atoms with van der Waals surface area (Å²) in [5.41, 5.74) is -1.99. The molecule has 0 saturated carbocycles. The number of ether oxygens (including phenoxy) is 3. The molecule has 0 rings (SSSR count). The Labute approximate surface area is 184 Å². The third-order valence-electron chi connectivity index (χ3n) is 3.65. The van der Waals surface area contributed by atoms with Crippen molar-refractivity contribution in [3.63, 3.8) is 0 Å². The lowest BCUT2D eigenvalue weighted by molar-refractivity contribution is -0.0978. The van der Waals surface area contributed by atoms with Gasteiger partial charge in [0.2, 0.25) is 0 Å². The summed E-state index contributed by atoms with van der Waals surface area (Å²) < 4.78 is 47.2. The number of β-amino-alcohol motifs (C(OH)–C–C–N with tert-alkyl or cyclic N) is 1. The van der Waals surface area contributed by atoms with E-state index in [2.05, 4.69) is 5.32 Å². The first-order valence-electron chi connectivity index (χ1n) is 10.6. The molecule has 0 aliphatic carbocycles. The molecule has 0 aromatic rings. The fraction of sp³-hybridized carbons (Fsp3) is 1.00. The lowest BCUT2D eigenvalue weighted by Crippen LogP contribution is -2.60. The summed E-state index contributed by atoms with van der Waals surface area (Å²) in [5.74, 6) is -0.510. The van der Waals surface area contributed by atoms with Crippen molar-refractivity contribution in [3.8, 4) is 0 Å². The Morgan fingerprint density at radius 1 is 0.833 bits per heavy atom. The Hall–Kier alpha value is -0.290. The molecule has 0 aliphatic heterocycles. The number of aliphatic hydroxyl groups is 1. The van der Waals surface area contributed by atoms with Crippen LogP contribution in [0.1, 0.15) is 69.2 Å². The van der Waals surface area contributed by atoms with E-state index in [1.54, 1.807) is 20.8 Å². The smallest absolute Gasteiger partial charge is 0.270 e. The van der Waals surface area contributed by atoms with Crippen molar-refractivity contribution in [2.24, 2.45) is 0 Å². The molecule has 0 saturated heterocycles. The van der Waals surface area contributed by atoms with Crippen LogP contribution in [-0.4, -0.2) is 80.7 Å². The zero-order valence-electron chi connectivity index (χ0n) is 20.6. The Morgan fingerprint density at radius 3 is 1.67 bits per heavy atom. The summed E-state index contributed by atoms with van der Waals surface area (Å²) in [6.07, 6.45) is -1.18. The maximum Gasteiger partial charge on any atom is 0.270 e. The van der Waals surface area contributed by atoms with Gasteiger partial charge in [0.15, 0.2) is 0 Å². The van der Waals surface area contributed by atoms with E-state index in [9.17, 15) is 13.5 Å². The van der Waals surface area contributed by atoms with E-state index in [-0.39, 0.29) is 44.2 Å². The summed E-state index contributed by atoms with van der Waals surface area (Å²) in [5, 5.41) is 13.6. The van der Waals surface area contributed by atoms with Gasteiger partial charge in [-0.2, -0.15) is 8.42 Å². The summed E-state index contributed by atoms with van der Waals surface area (Å²) >= 11 is 0. The van der Waals surface area contributed by atoms with Gasteiger partial charge >= 0.3 is 0 Å². The number of rotatable bonds is 14. The van der Waals surface area contributed by atoms with Gasteiger partial charge in [-0.1, -0.05) is 0 Å². The van der Waals surface area contributed by atoms with Gasteiger partial charge in [0, 0.05) is 6.54 Å². The van der Waals surface area contributed by atoms with E-state index < -0.39 is 33.1 Å². The minimum atomic E-state index is -3.88. The van der Waals surface area contributed by atoms with Crippen molar-refractivity contribution in [2.75, 3.05) is 32.1 Å². The molecule has 0 radical (unpaired) electrons. The van der Waals surface area contributed by atoms with Gasteiger partial charge < -0.3 is 24.6 Å². The Kier molecular flexibility index (Phi) is 12.0. The first kappa shape index (κ1) is 29.7. The van der Waals surface area contributed by atoms with E-state index in [0.717, 1.165) is 0 Å².